The molecule has 3 atom stereocenters. The Bertz CT molecular complexity index is 671. The molecule has 0 N–H and O–H groups in total. The second-order valence-electron chi connectivity index (χ2n) is 7.00. The molecular formula is C19H25NO4. The van der Waals surface area contributed by atoms with Crippen LogP contribution in [-0.2, 0) is 26.2 Å². The highest BCUT2D eigenvalue weighted by Crippen LogP contribution is 2.51. The molecule has 1 aliphatic carbocycles. The maximum Gasteiger partial charge on any atom is 0.316 e. The molecular weight excluding hydrogens is 306 g/mol. The van der Waals surface area contributed by atoms with Crippen LogP contribution in [-0.4, -0.2) is 50.5 Å². The van der Waals surface area contributed by atoms with Crippen molar-refractivity contribution < 1.29 is 19.1 Å². The molecule has 130 valence electrons. The highest BCUT2D eigenvalue weighted by molar-refractivity contribution is 5.87. The van der Waals surface area contributed by atoms with E-state index in [0.29, 0.717) is 12.8 Å². The van der Waals surface area contributed by atoms with Crippen molar-refractivity contribution in [2.24, 2.45) is 5.92 Å². The molecule has 1 aliphatic heterocycles. The van der Waals surface area contributed by atoms with Gasteiger partial charge in [-0.2, -0.15) is 0 Å². The van der Waals surface area contributed by atoms with E-state index in [-0.39, 0.29) is 23.7 Å². The van der Waals surface area contributed by atoms with Crippen LogP contribution in [0.1, 0.15) is 30.9 Å². The van der Waals surface area contributed by atoms with Gasteiger partial charge in [0.05, 0.1) is 19.6 Å². The van der Waals surface area contributed by atoms with Crippen LogP contribution in [0.15, 0.2) is 18.2 Å². The summed E-state index contributed by atoms with van der Waals surface area (Å²) in [5.41, 5.74) is 1.36. The van der Waals surface area contributed by atoms with Crippen molar-refractivity contribution in [1.29, 1.82) is 0 Å². The predicted octanol–water partition coefficient (Wildman–Crippen LogP) is 1.96. The van der Waals surface area contributed by atoms with Crippen LogP contribution in [0.3, 0.4) is 0 Å². The number of nitrogens with zero attached hydrogens (tertiary/aromatic N) is 1. The van der Waals surface area contributed by atoms with Gasteiger partial charge < -0.3 is 19.2 Å². The summed E-state index contributed by atoms with van der Waals surface area (Å²) in [7, 11) is 5.14. The first-order chi connectivity index (χ1) is 11.4. The minimum atomic E-state index is -0.764. The Kier molecular flexibility index (Phi) is 4.38. The maximum atomic E-state index is 13.0. The SMILES string of the molecule is COC(=O)C12CCN(C)C(Cc3ccc(OC)cc31)[C@H]2CC(C)=O. The van der Waals surface area contributed by atoms with E-state index < -0.39 is 5.41 Å². The number of methoxy groups -OCH3 is 2. The van der Waals surface area contributed by atoms with Crippen molar-refractivity contribution in [1.82, 2.24) is 4.90 Å². The van der Waals surface area contributed by atoms with Crippen LogP contribution >= 0.6 is 0 Å². The average molecular weight is 331 g/mol. The highest BCUT2D eigenvalue weighted by Gasteiger charge is 2.58. The summed E-state index contributed by atoms with van der Waals surface area (Å²) in [5, 5.41) is 0. The van der Waals surface area contributed by atoms with Crippen molar-refractivity contribution in [3.63, 3.8) is 0 Å². The fourth-order valence-corrected chi connectivity index (χ4v) is 4.64. The Balaban J connectivity index is 2.22. The number of carbonyl (C=O) groups is 2. The van der Waals surface area contributed by atoms with Crippen LogP contribution in [0.25, 0.3) is 0 Å². The minimum Gasteiger partial charge on any atom is -0.497 e. The molecule has 1 heterocycles. The number of rotatable bonds is 4. The number of hydrogen-bond acceptors (Lipinski definition) is 5. The lowest BCUT2D eigenvalue weighted by molar-refractivity contribution is -0.156. The Morgan fingerprint density at radius 1 is 1.33 bits per heavy atom. The smallest absolute Gasteiger partial charge is 0.316 e. The maximum absolute atomic E-state index is 13.0. The first kappa shape index (κ1) is 17.0. The van der Waals surface area contributed by atoms with E-state index in [2.05, 4.69) is 11.9 Å². The lowest BCUT2D eigenvalue weighted by Gasteiger charge is -2.54. The summed E-state index contributed by atoms with van der Waals surface area (Å²) in [4.78, 5) is 27.2. The van der Waals surface area contributed by atoms with Gasteiger partial charge in [-0.05, 0) is 56.6 Å². The summed E-state index contributed by atoms with van der Waals surface area (Å²) in [6.45, 7) is 2.41. The van der Waals surface area contributed by atoms with Gasteiger partial charge in [0.2, 0.25) is 0 Å². The number of likely N-dealkylation sites (N-methyl/N-ethyl adjacent to an activating group) is 1. The fourth-order valence-electron chi connectivity index (χ4n) is 4.64. The summed E-state index contributed by atoms with van der Waals surface area (Å²) in [5.74, 6) is 0.540. The number of piperidine rings is 1. The van der Waals surface area contributed by atoms with E-state index in [4.69, 9.17) is 9.47 Å². The number of hydrogen-bond donors (Lipinski definition) is 0. The Morgan fingerprint density at radius 3 is 2.71 bits per heavy atom. The predicted molar refractivity (Wildman–Crippen MR) is 90.2 cm³/mol. The van der Waals surface area contributed by atoms with Gasteiger partial charge >= 0.3 is 5.97 Å². The lowest BCUT2D eigenvalue weighted by Crippen LogP contribution is -2.62. The number of benzene rings is 1. The van der Waals surface area contributed by atoms with Crippen molar-refractivity contribution in [3.8, 4) is 5.75 Å². The quantitative estimate of drug-likeness (QED) is 0.790. The summed E-state index contributed by atoms with van der Waals surface area (Å²) < 4.78 is 10.6. The number of esters is 1. The van der Waals surface area contributed by atoms with Crippen molar-refractivity contribution in [2.75, 3.05) is 27.8 Å². The molecule has 24 heavy (non-hydrogen) atoms. The van der Waals surface area contributed by atoms with Crippen LogP contribution in [0.2, 0.25) is 0 Å². The van der Waals surface area contributed by atoms with Crippen molar-refractivity contribution in [2.45, 2.75) is 37.6 Å². The molecule has 1 aromatic carbocycles. The third-order valence-electron chi connectivity index (χ3n) is 5.81. The number of likely N-dealkylation sites (tertiary alicyclic amines) is 1. The van der Waals surface area contributed by atoms with Gasteiger partial charge in [-0.3, -0.25) is 4.79 Å². The fraction of sp³-hybridized carbons (Fsp3) is 0.579. The molecule has 2 unspecified atom stereocenters. The lowest BCUT2D eigenvalue weighted by atomic mass is 9.56. The summed E-state index contributed by atoms with van der Waals surface area (Å²) in [6.07, 6.45) is 1.89. The normalized spacial score (nSPS) is 28.8. The van der Waals surface area contributed by atoms with Crippen LogP contribution < -0.4 is 4.74 Å². The average Bonchev–Trinajstić information content (AvgIpc) is 2.57. The Hall–Kier alpha value is -1.88. The number of carbonyl (C=O) groups excluding carboxylic acids is 2. The van der Waals surface area contributed by atoms with E-state index in [1.807, 2.05) is 18.2 Å². The van der Waals surface area contributed by atoms with Crippen LogP contribution in [0.4, 0.5) is 0 Å². The summed E-state index contributed by atoms with van der Waals surface area (Å²) >= 11 is 0. The van der Waals surface area contributed by atoms with Gasteiger partial charge in [0, 0.05) is 18.4 Å². The van der Waals surface area contributed by atoms with E-state index in [9.17, 15) is 9.59 Å². The third kappa shape index (κ3) is 2.42. The zero-order valence-electron chi connectivity index (χ0n) is 14.8. The molecule has 3 rings (SSSR count). The molecule has 0 radical (unpaired) electrons. The molecule has 1 fully saturated rings. The first-order valence-corrected chi connectivity index (χ1v) is 8.39. The van der Waals surface area contributed by atoms with E-state index >= 15 is 0 Å². The Morgan fingerprint density at radius 2 is 2.08 bits per heavy atom. The Labute approximate surface area is 142 Å². The van der Waals surface area contributed by atoms with Crippen molar-refractivity contribution in [3.05, 3.63) is 29.3 Å². The number of ether oxygens (including phenoxy) is 2. The molecule has 0 saturated carbocycles. The standard InChI is InChI=1S/C19H25NO4/c1-12(21)9-16-17-10-13-5-6-14(23-3)11-15(13)19(16,18(22)24-4)7-8-20(17)2/h5-6,11,16-17H,7-10H2,1-4H3/t16-,17?,19?/m1/s1. The molecule has 0 spiro atoms. The second-order valence-corrected chi connectivity index (χ2v) is 7.00. The van der Waals surface area contributed by atoms with E-state index in [1.54, 1.807) is 14.0 Å². The van der Waals surface area contributed by atoms with E-state index in [1.165, 1.54) is 7.11 Å². The largest absolute Gasteiger partial charge is 0.497 e. The van der Waals surface area contributed by atoms with Crippen LogP contribution in [0.5, 0.6) is 5.75 Å². The first-order valence-electron chi connectivity index (χ1n) is 8.39. The molecule has 5 nitrogen and oxygen atoms in total. The monoisotopic (exact) mass is 331 g/mol. The number of ketones is 1. The number of Topliss-reactive ketones (excluding diaryl/α,β-unsaturated/α-hetero) is 1. The van der Waals surface area contributed by atoms with Gasteiger partial charge in [-0.15, -0.1) is 0 Å². The molecule has 5 heteroatoms. The van der Waals surface area contributed by atoms with E-state index in [0.717, 1.165) is 29.8 Å². The zero-order chi connectivity index (χ0) is 17.5. The van der Waals surface area contributed by atoms with Gasteiger partial charge in [-0.25, -0.2) is 0 Å². The zero-order valence-corrected chi connectivity index (χ0v) is 14.8. The van der Waals surface area contributed by atoms with Gasteiger partial charge in [0.25, 0.3) is 0 Å². The van der Waals surface area contributed by atoms with Gasteiger partial charge in [0.15, 0.2) is 0 Å². The van der Waals surface area contributed by atoms with Crippen LogP contribution in [0, 0.1) is 5.92 Å². The third-order valence-corrected chi connectivity index (χ3v) is 5.81. The minimum absolute atomic E-state index is 0.0687. The molecule has 2 aliphatic rings. The highest BCUT2D eigenvalue weighted by atomic mass is 16.5. The second kappa shape index (κ2) is 6.20. The molecule has 1 aromatic rings. The number of fused-ring (bicyclic) bond motifs is 4. The molecule has 1 saturated heterocycles. The van der Waals surface area contributed by atoms with Crippen molar-refractivity contribution >= 4 is 11.8 Å². The summed E-state index contributed by atoms with van der Waals surface area (Å²) in [6, 6.07) is 6.11. The topological polar surface area (TPSA) is 55.8 Å². The molecule has 0 amide bonds. The molecule has 0 aromatic heterocycles. The van der Waals surface area contributed by atoms with Gasteiger partial charge in [-0.1, -0.05) is 6.07 Å². The molecule has 2 bridgehead atoms. The van der Waals surface area contributed by atoms with Gasteiger partial charge in [0.1, 0.15) is 11.5 Å².